The van der Waals surface area contributed by atoms with Gasteiger partial charge in [0, 0.05) is 43.5 Å². The smallest absolute Gasteiger partial charge is 0.0641 e. The van der Waals surface area contributed by atoms with Gasteiger partial charge in [0.2, 0.25) is 0 Å². The third-order valence-corrected chi connectivity index (χ3v) is 5.59. The summed E-state index contributed by atoms with van der Waals surface area (Å²) in [5.74, 6) is 0. The maximum absolute atomic E-state index is 4.68. The number of benzene rings is 1. The molecule has 1 fully saturated rings. The van der Waals surface area contributed by atoms with E-state index in [4.69, 9.17) is 0 Å². The molecule has 4 nitrogen and oxygen atoms in total. The molecule has 1 aromatic carbocycles. The fraction of sp³-hybridized carbons (Fsp3) is 0.571. The number of aromatic nitrogens is 2. The zero-order valence-electron chi connectivity index (χ0n) is 16.2. The summed E-state index contributed by atoms with van der Waals surface area (Å²) >= 11 is 0. The van der Waals surface area contributed by atoms with Crippen LogP contribution in [0.3, 0.4) is 0 Å². The summed E-state index contributed by atoms with van der Waals surface area (Å²) in [5, 5.41) is 4.68. The van der Waals surface area contributed by atoms with E-state index in [1.165, 1.54) is 41.9 Å². The van der Waals surface area contributed by atoms with Crippen molar-refractivity contribution in [2.75, 3.05) is 20.1 Å². The highest BCUT2D eigenvalue weighted by Gasteiger charge is 2.24. The fourth-order valence-electron chi connectivity index (χ4n) is 4.03. The molecule has 1 saturated heterocycles. The van der Waals surface area contributed by atoms with E-state index in [9.17, 15) is 0 Å². The quantitative estimate of drug-likeness (QED) is 0.803. The summed E-state index contributed by atoms with van der Waals surface area (Å²) in [4.78, 5) is 5.14. The number of nitrogens with zero attached hydrogens (tertiary/aromatic N) is 4. The van der Waals surface area contributed by atoms with E-state index in [2.05, 4.69) is 77.7 Å². The SMILES string of the molecule is CCn1nc(C)c(CN2CCCC(N(C)Cc3ccccc3)C2)c1C. The van der Waals surface area contributed by atoms with Gasteiger partial charge in [-0.2, -0.15) is 5.10 Å². The molecule has 0 N–H and O–H groups in total. The maximum Gasteiger partial charge on any atom is 0.0641 e. The van der Waals surface area contributed by atoms with Gasteiger partial charge in [-0.15, -0.1) is 0 Å². The lowest BCUT2D eigenvalue weighted by Crippen LogP contribution is -2.45. The predicted molar refractivity (Wildman–Crippen MR) is 104 cm³/mol. The minimum absolute atomic E-state index is 0.635. The molecule has 1 aromatic heterocycles. The third kappa shape index (κ3) is 4.31. The van der Waals surface area contributed by atoms with Crippen LogP contribution in [0.1, 0.15) is 42.3 Å². The molecule has 2 aromatic rings. The van der Waals surface area contributed by atoms with Crippen LogP contribution in [0.15, 0.2) is 30.3 Å². The highest BCUT2D eigenvalue weighted by molar-refractivity contribution is 5.24. The number of aryl methyl sites for hydroxylation is 2. The van der Waals surface area contributed by atoms with Crippen LogP contribution in [0.2, 0.25) is 0 Å². The van der Waals surface area contributed by atoms with Gasteiger partial charge in [0.15, 0.2) is 0 Å². The summed E-state index contributed by atoms with van der Waals surface area (Å²) in [6.45, 7) is 11.9. The first kappa shape index (κ1) is 18.2. The van der Waals surface area contributed by atoms with Gasteiger partial charge in [-0.1, -0.05) is 30.3 Å². The summed E-state index contributed by atoms with van der Waals surface area (Å²) < 4.78 is 2.13. The monoisotopic (exact) mass is 340 g/mol. The average Bonchev–Trinajstić information content (AvgIpc) is 2.90. The van der Waals surface area contributed by atoms with Gasteiger partial charge in [-0.05, 0) is 52.8 Å². The first-order chi connectivity index (χ1) is 12.1. The lowest BCUT2D eigenvalue weighted by atomic mass is 10.0. The lowest BCUT2D eigenvalue weighted by Gasteiger charge is -2.37. The number of hydrogen-bond donors (Lipinski definition) is 0. The van der Waals surface area contributed by atoms with Crippen LogP contribution in [0.25, 0.3) is 0 Å². The predicted octanol–water partition coefficient (Wildman–Crippen LogP) is 3.62. The Bertz CT molecular complexity index is 677. The van der Waals surface area contributed by atoms with E-state index in [-0.39, 0.29) is 0 Å². The molecule has 1 aliphatic rings. The molecule has 136 valence electrons. The minimum Gasteiger partial charge on any atom is -0.298 e. The van der Waals surface area contributed by atoms with E-state index in [0.717, 1.165) is 26.2 Å². The van der Waals surface area contributed by atoms with Gasteiger partial charge in [0.05, 0.1) is 5.69 Å². The van der Waals surface area contributed by atoms with Crippen molar-refractivity contribution in [3.05, 3.63) is 52.8 Å². The molecule has 3 rings (SSSR count). The number of hydrogen-bond acceptors (Lipinski definition) is 3. The Balaban J connectivity index is 1.62. The number of likely N-dealkylation sites (tertiary alicyclic amines) is 1. The van der Waals surface area contributed by atoms with E-state index in [0.29, 0.717) is 6.04 Å². The second kappa shape index (κ2) is 8.15. The van der Waals surface area contributed by atoms with Crippen molar-refractivity contribution in [2.24, 2.45) is 0 Å². The second-order valence-corrected chi connectivity index (χ2v) is 7.40. The normalized spacial score (nSPS) is 18.8. The van der Waals surface area contributed by atoms with E-state index >= 15 is 0 Å². The van der Waals surface area contributed by atoms with Crippen molar-refractivity contribution in [2.45, 2.75) is 59.3 Å². The topological polar surface area (TPSA) is 24.3 Å². The van der Waals surface area contributed by atoms with Gasteiger partial charge in [-0.3, -0.25) is 14.5 Å². The van der Waals surface area contributed by atoms with Crippen LogP contribution in [-0.2, 0) is 19.6 Å². The Labute approximate surface area is 152 Å². The zero-order valence-corrected chi connectivity index (χ0v) is 16.2. The third-order valence-electron chi connectivity index (χ3n) is 5.59. The Morgan fingerprint density at radius 1 is 1.20 bits per heavy atom. The summed E-state index contributed by atoms with van der Waals surface area (Å²) in [5.41, 5.74) is 5.35. The standard InChI is InChI=1S/C21H32N4/c1-5-25-18(3)21(17(2)22-25)16-24-13-9-12-20(15-24)23(4)14-19-10-7-6-8-11-19/h6-8,10-11,20H,5,9,12-16H2,1-4H3. The van der Waals surface area contributed by atoms with E-state index in [1.807, 2.05) is 0 Å². The fourth-order valence-corrected chi connectivity index (χ4v) is 4.03. The van der Waals surface area contributed by atoms with Crippen molar-refractivity contribution in [3.8, 4) is 0 Å². The molecule has 0 bridgehead atoms. The molecular formula is C21H32N4. The lowest BCUT2D eigenvalue weighted by molar-refractivity contribution is 0.107. The van der Waals surface area contributed by atoms with Crippen LogP contribution in [0.5, 0.6) is 0 Å². The molecule has 2 heterocycles. The van der Waals surface area contributed by atoms with Crippen LogP contribution in [0.4, 0.5) is 0 Å². The summed E-state index contributed by atoms with van der Waals surface area (Å²) in [6.07, 6.45) is 2.58. The van der Waals surface area contributed by atoms with Crippen molar-refractivity contribution in [3.63, 3.8) is 0 Å². The van der Waals surface area contributed by atoms with Gasteiger partial charge < -0.3 is 0 Å². The molecule has 25 heavy (non-hydrogen) atoms. The van der Waals surface area contributed by atoms with Crippen LogP contribution >= 0.6 is 0 Å². The summed E-state index contributed by atoms with van der Waals surface area (Å²) in [6, 6.07) is 11.4. The molecule has 0 spiro atoms. The minimum atomic E-state index is 0.635. The van der Waals surface area contributed by atoms with Gasteiger partial charge >= 0.3 is 0 Å². The Hall–Kier alpha value is -1.65. The van der Waals surface area contributed by atoms with E-state index in [1.54, 1.807) is 0 Å². The first-order valence-corrected chi connectivity index (χ1v) is 9.58. The van der Waals surface area contributed by atoms with Crippen LogP contribution < -0.4 is 0 Å². The highest BCUT2D eigenvalue weighted by Crippen LogP contribution is 2.21. The highest BCUT2D eigenvalue weighted by atomic mass is 15.3. The molecule has 1 aliphatic heterocycles. The zero-order chi connectivity index (χ0) is 17.8. The van der Waals surface area contributed by atoms with Crippen LogP contribution in [0, 0.1) is 13.8 Å². The van der Waals surface area contributed by atoms with Crippen molar-refractivity contribution in [1.29, 1.82) is 0 Å². The Kier molecular flexibility index (Phi) is 5.92. The number of rotatable bonds is 6. The number of likely N-dealkylation sites (N-methyl/N-ethyl adjacent to an activating group) is 1. The Morgan fingerprint density at radius 3 is 2.64 bits per heavy atom. The average molecular weight is 341 g/mol. The van der Waals surface area contributed by atoms with Gasteiger partial charge in [0.25, 0.3) is 0 Å². The van der Waals surface area contributed by atoms with E-state index < -0.39 is 0 Å². The van der Waals surface area contributed by atoms with Crippen molar-refractivity contribution >= 4 is 0 Å². The number of piperidine rings is 1. The van der Waals surface area contributed by atoms with Gasteiger partial charge in [-0.25, -0.2) is 0 Å². The first-order valence-electron chi connectivity index (χ1n) is 9.58. The maximum atomic E-state index is 4.68. The molecular weight excluding hydrogens is 308 g/mol. The molecule has 1 atom stereocenters. The Morgan fingerprint density at radius 2 is 1.96 bits per heavy atom. The second-order valence-electron chi connectivity index (χ2n) is 7.40. The molecule has 0 aliphatic carbocycles. The molecule has 0 radical (unpaired) electrons. The van der Waals surface area contributed by atoms with Crippen LogP contribution in [-0.4, -0.2) is 45.8 Å². The molecule has 0 saturated carbocycles. The largest absolute Gasteiger partial charge is 0.298 e. The molecule has 1 unspecified atom stereocenters. The molecule has 4 heteroatoms. The molecule has 0 amide bonds. The van der Waals surface area contributed by atoms with Gasteiger partial charge in [0.1, 0.15) is 0 Å². The summed E-state index contributed by atoms with van der Waals surface area (Å²) in [7, 11) is 2.27. The van der Waals surface area contributed by atoms with Crippen molar-refractivity contribution < 1.29 is 0 Å². The van der Waals surface area contributed by atoms with Crippen molar-refractivity contribution in [1.82, 2.24) is 19.6 Å².